The number of pyridine rings is 1. The highest BCUT2D eigenvalue weighted by atomic mass is 79.9. The molecule has 3 nitrogen and oxygen atoms in total. The molecule has 0 fully saturated rings. The van der Waals surface area contributed by atoms with Gasteiger partial charge >= 0.3 is 0 Å². The van der Waals surface area contributed by atoms with E-state index in [2.05, 4.69) is 59.0 Å². The Balaban J connectivity index is 2.00. The number of rotatable bonds is 5. The van der Waals surface area contributed by atoms with Gasteiger partial charge in [0.1, 0.15) is 5.75 Å². The zero-order valence-electron chi connectivity index (χ0n) is 14.1. The molecule has 0 aliphatic heterocycles. The molecular weight excluding hydrogens is 378 g/mol. The highest BCUT2D eigenvalue weighted by molar-refractivity contribution is 9.09. The van der Waals surface area contributed by atoms with Gasteiger partial charge < -0.3 is 4.74 Å². The smallest absolute Gasteiger partial charge is 0.179 e. The Morgan fingerprint density at radius 3 is 2.56 bits per heavy atom. The van der Waals surface area contributed by atoms with Crippen LogP contribution in [0.25, 0.3) is 11.1 Å². The van der Waals surface area contributed by atoms with Crippen molar-refractivity contribution >= 4 is 22.2 Å². The molecule has 0 radical (unpaired) electrons. The Morgan fingerprint density at radius 1 is 1.08 bits per heavy atom. The van der Waals surface area contributed by atoms with Gasteiger partial charge in [-0.1, -0.05) is 42.5 Å². The van der Waals surface area contributed by atoms with Crippen LogP contribution in [0.2, 0.25) is 0 Å². The van der Waals surface area contributed by atoms with Crippen molar-refractivity contribution < 1.29 is 9.53 Å². The van der Waals surface area contributed by atoms with Gasteiger partial charge in [-0.25, -0.2) is 0 Å². The number of benzene rings is 2. The maximum atomic E-state index is 11.2. The summed E-state index contributed by atoms with van der Waals surface area (Å²) in [6.45, 7) is 4.14. The Kier molecular flexibility index (Phi) is 5.29. The summed E-state index contributed by atoms with van der Waals surface area (Å²) in [5.41, 5.74) is 6.13. The molecule has 0 aliphatic rings. The molecule has 2 aromatic carbocycles. The zero-order valence-corrected chi connectivity index (χ0v) is 15.7. The number of nitrogens with zero attached hydrogens (tertiary/aromatic N) is 1. The number of aromatic nitrogens is 1. The fourth-order valence-electron chi connectivity index (χ4n) is 2.90. The topological polar surface area (TPSA) is 39.2 Å². The molecule has 3 aromatic rings. The van der Waals surface area contributed by atoms with Crippen LogP contribution in [-0.4, -0.2) is 11.3 Å². The molecule has 25 heavy (non-hydrogen) atoms. The molecule has 4 heteroatoms. The van der Waals surface area contributed by atoms with Crippen LogP contribution in [-0.2, 0) is 0 Å². The average Bonchev–Trinajstić information content (AvgIpc) is 2.63. The SMILES string of the molecule is Cc1ccc(-c2ccccc2)c(C)c1C(Br)Oc1cnccc1C=O. The van der Waals surface area contributed by atoms with E-state index in [0.29, 0.717) is 11.3 Å². The summed E-state index contributed by atoms with van der Waals surface area (Å²) in [7, 11) is 0. The van der Waals surface area contributed by atoms with Crippen molar-refractivity contribution in [3.05, 3.63) is 83.2 Å². The molecule has 0 bridgehead atoms. The summed E-state index contributed by atoms with van der Waals surface area (Å²) in [5, 5.41) is -0.376. The molecule has 0 saturated carbocycles. The van der Waals surface area contributed by atoms with Crippen molar-refractivity contribution in [1.82, 2.24) is 4.98 Å². The highest BCUT2D eigenvalue weighted by Gasteiger charge is 2.19. The standard InChI is InChI=1S/C21H18BrNO2/c1-14-8-9-18(16-6-4-3-5-7-16)15(2)20(14)21(22)25-19-12-23-11-10-17(19)13-24/h3-13,21H,1-2H3. The van der Waals surface area contributed by atoms with Gasteiger partial charge in [0, 0.05) is 11.8 Å². The fourth-order valence-corrected chi connectivity index (χ4v) is 3.81. The number of carbonyl (C=O) groups is 1. The van der Waals surface area contributed by atoms with E-state index in [1.807, 2.05) is 18.2 Å². The maximum absolute atomic E-state index is 11.2. The Labute approximate surface area is 155 Å². The summed E-state index contributed by atoms with van der Waals surface area (Å²) < 4.78 is 6.00. The third kappa shape index (κ3) is 3.64. The van der Waals surface area contributed by atoms with Gasteiger partial charge in [-0.15, -0.1) is 0 Å². The van der Waals surface area contributed by atoms with E-state index in [1.165, 1.54) is 0 Å². The molecule has 1 unspecified atom stereocenters. The van der Waals surface area contributed by atoms with Crippen LogP contribution in [0.4, 0.5) is 0 Å². The first-order chi connectivity index (χ1) is 12.1. The normalized spacial score (nSPS) is 11.8. The number of alkyl halides is 1. The van der Waals surface area contributed by atoms with Gasteiger partial charge in [-0.05, 0) is 58.1 Å². The molecule has 0 N–H and O–H groups in total. The molecule has 1 aromatic heterocycles. The highest BCUT2D eigenvalue weighted by Crippen LogP contribution is 2.36. The molecule has 0 spiro atoms. The minimum atomic E-state index is -0.376. The molecule has 126 valence electrons. The number of ether oxygens (including phenoxy) is 1. The predicted molar refractivity (Wildman–Crippen MR) is 103 cm³/mol. The van der Waals surface area contributed by atoms with E-state index in [1.54, 1.807) is 18.5 Å². The minimum absolute atomic E-state index is 0.376. The molecule has 0 saturated heterocycles. The molecule has 1 atom stereocenters. The number of aryl methyl sites for hydroxylation is 1. The summed E-state index contributed by atoms with van der Waals surface area (Å²) in [6.07, 6.45) is 3.91. The number of aldehydes is 1. The van der Waals surface area contributed by atoms with Crippen molar-refractivity contribution in [2.75, 3.05) is 0 Å². The molecule has 0 aliphatic carbocycles. The van der Waals surface area contributed by atoms with Crippen molar-refractivity contribution in [2.45, 2.75) is 18.9 Å². The van der Waals surface area contributed by atoms with Crippen LogP contribution >= 0.6 is 15.9 Å². The lowest BCUT2D eigenvalue weighted by Crippen LogP contribution is -2.07. The molecular formula is C21H18BrNO2. The fraction of sp³-hybridized carbons (Fsp3) is 0.143. The largest absolute Gasteiger partial charge is 0.472 e. The van der Waals surface area contributed by atoms with E-state index >= 15 is 0 Å². The number of carbonyl (C=O) groups excluding carboxylic acids is 1. The first-order valence-electron chi connectivity index (χ1n) is 7.97. The second-order valence-corrected chi connectivity index (χ2v) is 6.63. The van der Waals surface area contributed by atoms with Gasteiger partial charge in [0.05, 0.1) is 11.8 Å². The van der Waals surface area contributed by atoms with Crippen molar-refractivity contribution in [2.24, 2.45) is 0 Å². The van der Waals surface area contributed by atoms with E-state index in [4.69, 9.17) is 4.74 Å². The third-order valence-electron chi connectivity index (χ3n) is 4.22. The van der Waals surface area contributed by atoms with Crippen LogP contribution < -0.4 is 4.74 Å². The number of halogens is 1. The minimum Gasteiger partial charge on any atom is -0.472 e. The lowest BCUT2D eigenvalue weighted by atomic mass is 9.93. The van der Waals surface area contributed by atoms with E-state index in [9.17, 15) is 4.79 Å². The second kappa shape index (κ2) is 7.62. The van der Waals surface area contributed by atoms with Gasteiger partial charge in [0.15, 0.2) is 11.3 Å². The monoisotopic (exact) mass is 395 g/mol. The first kappa shape index (κ1) is 17.4. The van der Waals surface area contributed by atoms with Crippen LogP contribution in [0.5, 0.6) is 5.75 Å². The van der Waals surface area contributed by atoms with E-state index in [0.717, 1.165) is 34.1 Å². The van der Waals surface area contributed by atoms with Gasteiger partial charge in [0.2, 0.25) is 0 Å². The third-order valence-corrected chi connectivity index (χ3v) is 4.86. The lowest BCUT2D eigenvalue weighted by Gasteiger charge is -2.20. The number of hydrogen-bond acceptors (Lipinski definition) is 3. The molecule has 3 rings (SSSR count). The Hall–Kier alpha value is -2.46. The van der Waals surface area contributed by atoms with Crippen molar-refractivity contribution in [3.63, 3.8) is 0 Å². The summed E-state index contributed by atoms with van der Waals surface area (Å²) >= 11 is 3.63. The maximum Gasteiger partial charge on any atom is 0.179 e. The van der Waals surface area contributed by atoms with E-state index < -0.39 is 0 Å². The average molecular weight is 396 g/mol. The van der Waals surface area contributed by atoms with Crippen molar-refractivity contribution in [3.8, 4) is 16.9 Å². The van der Waals surface area contributed by atoms with Crippen LogP contribution in [0.1, 0.15) is 32.1 Å². The van der Waals surface area contributed by atoms with Gasteiger partial charge in [-0.3, -0.25) is 9.78 Å². The molecule has 0 amide bonds. The molecule has 1 heterocycles. The van der Waals surface area contributed by atoms with Crippen LogP contribution in [0.15, 0.2) is 60.9 Å². The quantitative estimate of drug-likeness (QED) is 0.413. The summed E-state index contributed by atoms with van der Waals surface area (Å²) in [6, 6.07) is 16.1. The summed E-state index contributed by atoms with van der Waals surface area (Å²) in [4.78, 5) is 15.2. The van der Waals surface area contributed by atoms with Crippen molar-refractivity contribution in [1.29, 1.82) is 0 Å². The Morgan fingerprint density at radius 2 is 1.84 bits per heavy atom. The Bertz CT molecular complexity index is 894. The zero-order chi connectivity index (χ0) is 17.8. The first-order valence-corrected chi connectivity index (χ1v) is 8.89. The number of hydrogen-bond donors (Lipinski definition) is 0. The summed E-state index contributed by atoms with van der Waals surface area (Å²) in [5.74, 6) is 0.461. The van der Waals surface area contributed by atoms with Gasteiger partial charge in [-0.2, -0.15) is 0 Å². The lowest BCUT2D eigenvalue weighted by molar-refractivity contribution is 0.111. The van der Waals surface area contributed by atoms with Crippen LogP contribution in [0.3, 0.4) is 0 Å². The van der Waals surface area contributed by atoms with Gasteiger partial charge in [0.25, 0.3) is 0 Å². The second-order valence-electron chi connectivity index (χ2n) is 5.80. The van der Waals surface area contributed by atoms with E-state index in [-0.39, 0.29) is 5.01 Å². The predicted octanol–water partition coefficient (Wildman–Crippen LogP) is 5.65. The van der Waals surface area contributed by atoms with Crippen LogP contribution in [0, 0.1) is 13.8 Å².